The summed E-state index contributed by atoms with van der Waals surface area (Å²) in [4.78, 5) is 73.0. The van der Waals surface area contributed by atoms with Crippen LogP contribution in [0.5, 0.6) is 0 Å². The minimum atomic E-state index is -4.96. The van der Waals surface area contributed by atoms with E-state index in [4.69, 9.17) is 37.0 Å². The maximum Gasteiger partial charge on any atom is 0.472 e. The van der Waals surface area contributed by atoms with Crippen molar-refractivity contribution in [3.8, 4) is 0 Å². The van der Waals surface area contributed by atoms with Crippen molar-refractivity contribution >= 4 is 39.5 Å². The summed E-state index contributed by atoms with van der Waals surface area (Å²) >= 11 is 0. The van der Waals surface area contributed by atoms with Crippen LogP contribution in [0, 0.1) is 17.8 Å². The fourth-order valence-corrected chi connectivity index (χ4v) is 14.2. The van der Waals surface area contributed by atoms with Crippen molar-refractivity contribution in [2.24, 2.45) is 17.8 Å². The second-order valence-electron chi connectivity index (χ2n) is 30.9. The molecule has 0 bridgehead atoms. The monoisotopic (exact) mass is 1480 g/mol. The molecule has 2 unspecified atom stereocenters. The van der Waals surface area contributed by atoms with Gasteiger partial charge in [-0.3, -0.25) is 37.3 Å². The molecule has 0 fully saturated rings. The summed E-state index contributed by atoms with van der Waals surface area (Å²) in [6.07, 6.45) is 61.1. The Kier molecular flexibility index (Phi) is 70.9. The number of rotatable bonds is 80. The number of esters is 4. The van der Waals surface area contributed by atoms with Crippen LogP contribution in [-0.2, 0) is 65.4 Å². The van der Waals surface area contributed by atoms with Crippen LogP contribution < -0.4 is 0 Å². The Labute approximate surface area is 619 Å². The van der Waals surface area contributed by atoms with E-state index in [1.165, 1.54) is 231 Å². The van der Waals surface area contributed by atoms with Crippen molar-refractivity contribution in [3.05, 3.63) is 0 Å². The number of ether oxygens (including phenoxy) is 4. The molecule has 0 aliphatic rings. The molecule has 19 heteroatoms. The zero-order valence-corrected chi connectivity index (χ0v) is 68.2. The van der Waals surface area contributed by atoms with E-state index in [2.05, 4.69) is 48.5 Å². The molecule has 3 N–H and O–H groups in total. The molecule has 0 heterocycles. The Morgan fingerprint density at radius 3 is 0.673 bits per heavy atom. The first-order chi connectivity index (χ1) is 48.7. The number of phosphoric ester groups is 2. The predicted molar refractivity (Wildman–Crippen MR) is 414 cm³/mol. The van der Waals surface area contributed by atoms with Crippen LogP contribution in [-0.4, -0.2) is 96.7 Å². The molecule has 5 atom stereocenters. The molecule has 17 nitrogen and oxygen atoms in total. The van der Waals surface area contributed by atoms with Gasteiger partial charge >= 0.3 is 39.5 Å². The summed E-state index contributed by atoms with van der Waals surface area (Å²) in [5.41, 5.74) is 0. The maximum atomic E-state index is 13.1. The first-order valence-corrected chi connectivity index (χ1v) is 45.3. The van der Waals surface area contributed by atoms with Crippen LogP contribution in [0.15, 0.2) is 0 Å². The first kappa shape index (κ1) is 99.1. The smallest absolute Gasteiger partial charge is 0.462 e. The Bertz CT molecular complexity index is 1960. The predicted octanol–water partition coefficient (Wildman–Crippen LogP) is 24.5. The number of carbonyl (C=O) groups excluding carboxylic acids is 4. The number of phosphoric acid groups is 2. The van der Waals surface area contributed by atoms with E-state index < -0.39 is 97.5 Å². The van der Waals surface area contributed by atoms with Gasteiger partial charge in [-0.25, -0.2) is 9.13 Å². The normalized spacial score (nSPS) is 14.0. The quantitative estimate of drug-likeness (QED) is 0.0222. The lowest BCUT2D eigenvalue weighted by Crippen LogP contribution is -2.30. The van der Waals surface area contributed by atoms with E-state index in [1.54, 1.807) is 0 Å². The van der Waals surface area contributed by atoms with Crippen molar-refractivity contribution < 1.29 is 80.2 Å². The molecule has 0 aromatic carbocycles. The van der Waals surface area contributed by atoms with Gasteiger partial charge in [-0.1, -0.05) is 376 Å². The van der Waals surface area contributed by atoms with Gasteiger partial charge in [0.15, 0.2) is 12.2 Å². The van der Waals surface area contributed by atoms with E-state index in [-0.39, 0.29) is 25.7 Å². The van der Waals surface area contributed by atoms with Gasteiger partial charge in [-0.15, -0.1) is 0 Å². The molecule has 0 radical (unpaired) electrons. The Morgan fingerprint density at radius 1 is 0.267 bits per heavy atom. The van der Waals surface area contributed by atoms with Gasteiger partial charge in [0.05, 0.1) is 26.4 Å². The molecule has 101 heavy (non-hydrogen) atoms. The third-order valence-electron chi connectivity index (χ3n) is 19.1. The number of hydrogen-bond acceptors (Lipinski definition) is 15. The lowest BCUT2D eigenvalue weighted by atomic mass is 10.0. The first-order valence-electron chi connectivity index (χ1n) is 42.3. The molecule has 0 aromatic heterocycles. The van der Waals surface area contributed by atoms with Crippen LogP contribution in [0.2, 0.25) is 0 Å². The van der Waals surface area contributed by atoms with Crippen LogP contribution in [0.4, 0.5) is 0 Å². The Hall–Kier alpha value is -1.94. The van der Waals surface area contributed by atoms with Crippen LogP contribution >= 0.6 is 15.6 Å². The lowest BCUT2D eigenvalue weighted by Gasteiger charge is -2.21. The summed E-state index contributed by atoms with van der Waals surface area (Å²) < 4.78 is 68.7. The molecule has 0 amide bonds. The number of hydrogen-bond donors (Lipinski definition) is 3. The highest BCUT2D eigenvalue weighted by Crippen LogP contribution is 2.45. The second kappa shape index (κ2) is 72.3. The summed E-state index contributed by atoms with van der Waals surface area (Å²) in [6, 6.07) is 0. The number of aliphatic hydroxyl groups excluding tert-OH is 1. The molecular formula is C82H160O17P2. The van der Waals surface area contributed by atoms with Crippen LogP contribution in [0.1, 0.15) is 427 Å². The molecule has 0 spiro atoms. The number of unbranched alkanes of at least 4 members (excludes halogenated alkanes) is 48. The highest BCUT2D eigenvalue weighted by atomic mass is 31.2. The summed E-state index contributed by atoms with van der Waals surface area (Å²) in [5.74, 6) is 0.215. The molecule has 0 saturated heterocycles. The van der Waals surface area contributed by atoms with E-state index in [0.717, 1.165) is 108 Å². The summed E-state index contributed by atoms with van der Waals surface area (Å²) in [6.45, 7) is 12.0. The zero-order chi connectivity index (χ0) is 74.4. The van der Waals surface area contributed by atoms with Crippen molar-refractivity contribution in [2.45, 2.75) is 446 Å². The highest BCUT2D eigenvalue weighted by molar-refractivity contribution is 7.47. The minimum Gasteiger partial charge on any atom is -0.462 e. The van der Waals surface area contributed by atoms with Gasteiger partial charge in [0.25, 0.3) is 0 Å². The van der Waals surface area contributed by atoms with Gasteiger partial charge in [-0.2, -0.15) is 0 Å². The van der Waals surface area contributed by atoms with E-state index in [0.29, 0.717) is 31.6 Å². The average molecular weight is 1480 g/mol. The summed E-state index contributed by atoms with van der Waals surface area (Å²) in [7, 11) is -9.92. The Morgan fingerprint density at radius 2 is 0.455 bits per heavy atom. The van der Waals surface area contributed by atoms with E-state index >= 15 is 0 Å². The largest absolute Gasteiger partial charge is 0.472 e. The van der Waals surface area contributed by atoms with Gasteiger partial charge < -0.3 is 33.8 Å². The molecule has 0 saturated carbocycles. The molecule has 600 valence electrons. The molecule has 0 aliphatic carbocycles. The fraction of sp³-hybridized carbons (Fsp3) is 0.951. The molecular weight excluding hydrogens is 1320 g/mol. The fourth-order valence-electron chi connectivity index (χ4n) is 12.7. The molecule has 0 aromatic rings. The Balaban J connectivity index is 5.22. The molecule has 0 rings (SSSR count). The number of aliphatic hydroxyl groups is 1. The van der Waals surface area contributed by atoms with Crippen LogP contribution in [0.25, 0.3) is 0 Å². The SMILES string of the molecule is CCCCCCCCCCCCCCCC(=O)O[C@H](COC(=O)CCCCCCCCCC(C)C)COP(=O)(O)OC[C@H](O)COP(=O)(O)OC[C@@H](COC(=O)CCCCCCCCCCCCCCCCC(C)C)OC(=O)CCCCCCCCCCCCCCCCCCCCC(C)C. The van der Waals surface area contributed by atoms with Crippen LogP contribution in [0.3, 0.4) is 0 Å². The highest BCUT2D eigenvalue weighted by Gasteiger charge is 2.30. The standard InChI is InChI=1S/C82H160O17P2/c1-8-9-10-11-12-13-14-23-31-36-43-51-58-65-81(86)99-78(70-93-80(85)64-57-50-45-38-41-48-55-62-75(6)7)72-97-101(90,91)95-68-76(83)67-94-100(88,89)96-71-77(69-92-79(84)63-56-49-42-35-30-26-22-21-25-29-34-40-47-54-61-74(4)5)98-82(87)66-59-52-44-37-32-27-20-18-16-15-17-19-24-28-33-39-46-53-60-73(2)3/h73-78,83H,8-72H2,1-7H3,(H,88,89)(H,90,91)/t76-,77-,78-/m1/s1. The lowest BCUT2D eigenvalue weighted by molar-refractivity contribution is -0.161. The minimum absolute atomic E-state index is 0.107. The van der Waals surface area contributed by atoms with Crippen molar-refractivity contribution in [1.82, 2.24) is 0 Å². The van der Waals surface area contributed by atoms with E-state index in [9.17, 15) is 43.2 Å². The third kappa shape index (κ3) is 76.1. The van der Waals surface area contributed by atoms with Gasteiger partial charge in [-0.05, 0) is 43.4 Å². The van der Waals surface area contributed by atoms with Crippen molar-refractivity contribution in [1.29, 1.82) is 0 Å². The van der Waals surface area contributed by atoms with Gasteiger partial charge in [0, 0.05) is 25.7 Å². The van der Waals surface area contributed by atoms with Gasteiger partial charge in [0.1, 0.15) is 19.3 Å². The van der Waals surface area contributed by atoms with E-state index in [1.807, 2.05) is 0 Å². The summed E-state index contributed by atoms with van der Waals surface area (Å²) in [5, 5.41) is 10.6. The maximum absolute atomic E-state index is 13.1. The third-order valence-corrected chi connectivity index (χ3v) is 21.0. The average Bonchev–Trinajstić information content (AvgIpc) is 0.933. The molecule has 0 aliphatic heterocycles. The van der Waals surface area contributed by atoms with Crippen molar-refractivity contribution in [2.75, 3.05) is 39.6 Å². The van der Waals surface area contributed by atoms with Crippen molar-refractivity contribution in [3.63, 3.8) is 0 Å². The zero-order valence-electron chi connectivity index (χ0n) is 66.4. The number of carbonyl (C=O) groups is 4. The van der Waals surface area contributed by atoms with Gasteiger partial charge in [0.2, 0.25) is 0 Å². The second-order valence-corrected chi connectivity index (χ2v) is 33.8. The topological polar surface area (TPSA) is 237 Å².